The summed E-state index contributed by atoms with van der Waals surface area (Å²) in [6, 6.07) is 4.16. The van der Waals surface area contributed by atoms with Crippen molar-refractivity contribution < 1.29 is 18.3 Å². The molecule has 0 bridgehead atoms. The van der Waals surface area contributed by atoms with Crippen molar-refractivity contribution >= 4 is 21.4 Å². The van der Waals surface area contributed by atoms with E-state index in [4.69, 9.17) is 0 Å². The molecule has 2 rings (SSSR count). The summed E-state index contributed by atoms with van der Waals surface area (Å²) in [4.78, 5) is 31.2. The Morgan fingerprint density at radius 2 is 1.77 bits per heavy atom. The van der Waals surface area contributed by atoms with E-state index in [9.17, 15) is 33.4 Å². The molecule has 0 atom stereocenters. The van der Waals surface area contributed by atoms with Gasteiger partial charge in [0.25, 0.3) is 16.9 Å². The van der Waals surface area contributed by atoms with E-state index in [0.29, 0.717) is 0 Å². The van der Waals surface area contributed by atoms with Crippen LogP contribution in [0, 0.1) is 27.2 Å². The smallest absolute Gasteiger partial charge is 0.268 e. The molecule has 0 aliphatic rings. The van der Waals surface area contributed by atoms with Gasteiger partial charge in [0, 0.05) is 30.9 Å². The maximum atomic E-state index is 12.3. The Bertz CT molecular complexity index is 996. The number of hydrogen-bond acceptors (Lipinski definition) is 8. The van der Waals surface area contributed by atoms with Crippen molar-refractivity contribution in [1.82, 2.24) is 14.5 Å². The Morgan fingerprint density at radius 1 is 1.19 bits per heavy atom. The fourth-order valence-corrected chi connectivity index (χ4v) is 3.18. The molecule has 1 aromatic heterocycles. The predicted molar refractivity (Wildman–Crippen MR) is 88.2 cm³/mol. The standard InChI is InChI=1S/C13H13N5O7S/c1-9-11(17(20)21)7-10(8-12(9)18(22)23)26(24,25)15-5-6-16-13(19)3-2-4-14-16/h2-4,7-8,15H,5-6H2,1H3. The van der Waals surface area contributed by atoms with Crippen LogP contribution in [0.1, 0.15) is 5.56 Å². The lowest BCUT2D eigenvalue weighted by Gasteiger charge is -2.08. The molecule has 0 aliphatic carbocycles. The summed E-state index contributed by atoms with van der Waals surface area (Å²) in [6.07, 6.45) is 1.35. The SMILES string of the molecule is Cc1c([N+](=O)[O-])cc(S(=O)(=O)NCCn2ncccc2=O)cc1[N+](=O)[O-]. The summed E-state index contributed by atoms with van der Waals surface area (Å²) in [5.74, 6) is 0. The topological polar surface area (TPSA) is 167 Å². The van der Waals surface area contributed by atoms with Gasteiger partial charge in [-0.2, -0.15) is 5.10 Å². The van der Waals surface area contributed by atoms with Crippen LogP contribution >= 0.6 is 0 Å². The third kappa shape index (κ3) is 4.07. The van der Waals surface area contributed by atoms with E-state index >= 15 is 0 Å². The lowest BCUT2D eigenvalue weighted by molar-refractivity contribution is -0.395. The number of aromatic nitrogens is 2. The van der Waals surface area contributed by atoms with E-state index in [0.717, 1.165) is 23.7 Å². The zero-order valence-electron chi connectivity index (χ0n) is 13.4. The molecule has 1 N–H and O–H groups in total. The maximum absolute atomic E-state index is 12.3. The molecule has 13 heteroatoms. The first-order chi connectivity index (χ1) is 12.1. The highest BCUT2D eigenvalue weighted by atomic mass is 32.2. The van der Waals surface area contributed by atoms with Crippen molar-refractivity contribution in [2.45, 2.75) is 18.4 Å². The zero-order chi connectivity index (χ0) is 19.5. The average molecular weight is 383 g/mol. The van der Waals surface area contributed by atoms with Gasteiger partial charge in [-0.3, -0.25) is 25.0 Å². The van der Waals surface area contributed by atoms with Gasteiger partial charge in [-0.05, 0) is 13.0 Å². The van der Waals surface area contributed by atoms with Crippen molar-refractivity contribution in [3.63, 3.8) is 0 Å². The Labute approximate surface area is 146 Å². The van der Waals surface area contributed by atoms with Crippen LogP contribution in [0.2, 0.25) is 0 Å². The number of hydrogen-bond donors (Lipinski definition) is 1. The van der Waals surface area contributed by atoms with Gasteiger partial charge in [0.1, 0.15) is 5.56 Å². The quantitative estimate of drug-likeness (QED) is 0.527. The third-order valence-corrected chi connectivity index (χ3v) is 4.87. The fraction of sp³-hybridized carbons (Fsp3) is 0.231. The summed E-state index contributed by atoms with van der Waals surface area (Å²) in [5, 5.41) is 25.8. The second-order valence-electron chi connectivity index (χ2n) is 5.08. The molecule has 0 saturated carbocycles. The molecule has 0 unspecified atom stereocenters. The predicted octanol–water partition coefficient (Wildman–Crippen LogP) is 0.347. The second kappa shape index (κ2) is 7.37. The molecular weight excluding hydrogens is 370 g/mol. The van der Waals surface area contributed by atoms with E-state index in [2.05, 4.69) is 9.82 Å². The van der Waals surface area contributed by atoms with Crippen LogP contribution in [0.3, 0.4) is 0 Å². The number of sulfonamides is 1. The van der Waals surface area contributed by atoms with Crippen molar-refractivity contribution in [2.75, 3.05) is 6.54 Å². The van der Waals surface area contributed by atoms with E-state index in [1.807, 2.05) is 0 Å². The summed E-state index contributed by atoms with van der Waals surface area (Å²) >= 11 is 0. The summed E-state index contributed by atoms with van der Waals surface area (Å²) in [6.45, 7) is 0.831. The Kier molecular flexibility index (Phi) is 5.42. The summed E-state index contributed by atoms with van der Waals surface area (Å²) in [7, 11) is -4.27. The lowest BCUT2D eigenvalue weighted by Crippen LogP contribution is -2.31. The molecule has 12 nitrogen and oxygen atoms in total. The first kappa shape index (κ1) is 19.1. The van der Waals surface area contributed by atoms with Gasteiger partial charge in [0.05, 0.1) is 21.3 Å². The van der Waals surface area contributed by atoms with E-state index in [-0.39, 0.29) is 18.7 Å². The van der Waals surface area contributed by atoms with Crippen LogP contribution in [0.5, 0.6) is 0 Å². The van der Waals surface area contributed by atoms with Crippen LogP contribution in [0.4, 0.5) is 11.4 Å². The largest absolute Gasteiger partial charge is 0.280 e. The number of nitrogens with one attached hydrogen (secondary N) is 1. The van der Waals surface area contributed by atoms with Gasteiger partial charge >= 0.3 is 0 Å². The molecule has 138 valence electrons. The Hall–Kier alpha value is -3.19. The van der Waals surface area contributed by atoms with Crippen LogP contribution in [-0.4, -0.2) is 34.6 Å². The van der Waals surface area contributed by atoms with Crippen LogP contribution in [0.15, 0.2) is 40.2 Å². The summed E-state index contributed by atoms with van der Waals surface area (Å²) < 4.78 is 27.8. The number of nitro groups is 2. The van der Waals surface area contributed by atoms with E-state index in [1.54, 1.807) is 0 Å². The van der Waals surface area contributed by atoms with E-state index in [1.165, 1.54) is 18.3 Å². The van der Waals surface area contributed by atoms with Crippen molar-refractivity contribution in [3.05, 3.63) is 66.6 Å². The first-order valence-electron chi connectivity index (χ1n) is 7.08. The normalized spacial score (nSPS) is 11.3. The molecule has 0 saturated heterocycles. The third-order valence-electron chi connectivity index (χ3n) is 3.43. The second-order valence-corrected chi connectivity index (χ2v) is 6.85. The van der Waals surface area contributed by atoms with Crippen LogP contribution in [-0.2, 0) is 16.6 Å². The molecule has 0 amide bonds. The van der Waals surface area contributed by atoms with Crippen LogP contribution < -0.4 is 10.3 Å². The van der Waals surface area contributed by atoms with Gasteiger partial charge in [-0.1, -0.05) is 0 Å². The monoisotopic (exact) mass is 383 g/mol. The van der Waals surface area contributed by atoms with Crippen LogP contribution in [0.25, 0.3) is 0 Å². The number of nitro benzene ring substituents is 2. The molecular formula is C13H13N5O7S. The fourth-order valence-electron chi connectivity index (χ4n) is 2.12. The molecule has 1 heterocycles. The van der Waals surface area contributed by atoms with Gasteiger partial charge < -0.3 is 0 Å². The highest BCUT2D eigenvalue weighted by Gasteiger charge is 2.27. The lowest BCUT2D eigenvalue weighted by atomic mass is 10.1. The van der Waals surface area contributed by atoms with Gasteiger partial charge in [-0.15, -0.1) is 0 Å². The highest BCUT2D eigenvalue weighted by molar-refractivity contribution is 7.89. The molecule has 2 aromatic rings. The van der Waals surface area contributed by atoms with Crippen molar-refractivity contribution in [3.8, 4) is 0 Å². The maximum Gasteiger partial charge on any atom is 0.280 e. The molecule has 0 fully saturated rings. The zero-order valence-corrected chi connectivity index (χ0v) is 14.2. The minimum Gasteiger partial charge on any atom is -0.268 e. The van der Waals surface area contributed by atoms with Gasteiger partial charge in [0.15, 0.2) is 0 Å². The molecule has 0 aliphatic heterocycles. The minimum absolute atomic E-state index is 0.0883. The Balaban J connectivity index is 2.31. The van der Waals surface area contributed by atoms with Crippen molar-refractivity contribution in [1.29, 1.82) is 0 Å². The van der Waals surface area contributed by atoms with Gasteiger partial charge in [0.2, 0.25) is 10.0 Å². The number of rotatable bonds is 7. The Morgan fingerprint density at radius 3 is 2.27 bits per heavy atom. The highest BCUT2D eigenvalue weighted by Crippen LogP contribution is 2.31. The molecule has 1 aromatic carbocycles. The van der Waals surface area contributed by atoms with Crippen molar-refractivity contribution in [2.24, 2.45) is 0 Å². The van der Waals surface area contributed by atoms with Gasteiger partial charge in [-0.25, -0.2) is 17.8 Å². The number of nitrogens with zero attached hydrogens (tertiary/aromatic N) is 4. The molecule has 26 heavy (non-hydrogen) atoms. The summed E-state index contributed by atoms with van der Waals surface area (Å²) in [5.41, 5.74) is -2.05. The van der Waals surface area contributed by atoms with E-state index < -0.39 is 41.7 Å². The average Bonchev–Trinajstić information content (AvgIpc) is 2.56. The molecule has 0 spiro atoms. The molecule has 0 radical (unpaired) electrons. The minimum atomic E-state index is -4.27. The number of benzene rings is 1. The first-order valence-corrected chi connectivity index (χ1v) is 8.57.